The summed E-state index contributed by atoms with van der Waals surface area (Å²) in [7, 11) is 0. The van der Waals surface area contributed by atoms with Crippen LogP contribution in [-0.4, -0.2) is 0 Å². The number of thioether (sulfide) groups is 2. The molecule has 0 radical (unpaired) electrons. The van der Waals surface area contributed by atoms with E-state index in [1.165, 1.54) is 47.9 Å². The Hall–Kier alpha value is 0.1000. The normalized spacial score (nSPS) is 15.0. The molecule has 122 valence electrons. The summed E-state index contributed by atoms with van der Waals surface area (Å²) in [6.45, 7) is 6.75. The maximum atomic E-state index is 3.83. The van der Waals surface area contributed by atoms with Gasteiger partial charge in [0.25, 0.3) is 0 Å². The maximum Gasteiger partial charge on any atom is 0.0259 e. The topological polar surface area (TPSA) is 0 Å². The smallest absolute Gasteiger partial charge is 0.0259 e. The van der Waals surface area contributed by atoms with Crippen molar-refractivity contribution in [3.63, 3.8) is 0 Å². The minimum Gasteiger partial charge on any atom is -0.152 e. The van der Waals surface area contributed by atoms with Crippen molar-refractivity contribution in [3.05, 3.63) is 66.1 Å². The van der Waals surface area contributed by atoms with Crippen LogP contribution in [0.15, 0.2) is 27.1 Å². The predicted octanol–water partition coefficient (Wildman–Crippen LogP) is 7.32. The van der Waals surface area contributed by atoms with Gasteiger partial charge in [-0.3, -0.25) is 0 Å². The van der Waals surface area contributed by atoms with E-state index in [4.69, 9.17) is 0 Å². The molecule has 0 nitrogen and oxygen atoms in total. The van der Waals surface area contributed by atoms with Crippen LogP contribution in [0.5, 0.6) is 0 Å². The van der Waals surface area contributed by atoms with Gasteiger partial charge in [-0.2, -0.15) is 23.5 Å². The van der Waals surface area contributed by atoms with E-state index in [2.05, 4.69) is 70.8 Å². The highest BCUT2D eigenvalue weighted by atomic mass is 79.9. The van der Waals surface area contributed by atoms with Crippen LogP contribution in [0.3, 0.4) is 0 Å². The van der Waals surface area contributed by atoms with Crippen LogP contribution < -0.4 is 0 Å². The van der Waals surface area contributed by atoms with Gasteiger partial charge in [0.05, 0.1) is 0 Å². The molecule has 2 aromatic carbocycles. The number of rotatable bonds is 0. The highest BCUT2D eigenvalue weighted by Crippen LogP contribution is 2.40. The molecule has 0 N–H and O–H groups in total. The van der Waals surface area contributed by atoms with Gasteiger partial charge in [-0.25, -0.2) is 0 Å². The second-order valence-corrected chi connectivity index (χ2v) is 9.58. The monoisotopic (exact) mass is 470 g/mol. The third-order valence-electron chi connectivity index (χ3n) is 4.66. The van der Waals surface area contributed by atoms with Crippen molar-refractivity contribution in [1.82, 2.24) is 0 Å². The van der Waals surface area contributed by atoms with E-state index in [0.29, 0.717) is 0 Å². The Morgan fingerprint density at radius 1 is 0.696 bits per heavy atom. The molecule has 1 heterocycles. The van der Waals surface area contributed by atoms with Gasteiger partial charge in [0.1, 0.15) is 0 Å². The van der Waals surface area contributed by atoms with Gasteiger partial charge in [0, 0.05) is 32.0 Å². The number of benzene rings is 2. The van der Waals surface area contributed by atoms with Crippen LogP contribution in [-0.2, 0) is 23.0 Å². The average molecular weight is 472 g/mol. The van der Waals surface area contributed by atoms with E-state index >= 15 is 0 Å². The summed E-state index contributed by atoms with van der Waals surface area (Å²) < 4.78 is 2.54. The molecule has 0 saturated carbocycles. The highest BCUT2D eigenvalue weighted by Gasteiger charge is 2.18. The summed E-state index contributed by atoms with van der Waals surface area (Å²) in [5.74, 6) is 4.28. The second-order valence-electron chi connectivity index (χ2n) is 6.02. The summed E-state index contributed by atoms with van der Waals surface area (Å²) in [4.78, 5) is 0. The van der Waals surface area contributed by atoms with Crippen molar-refractivity contribution in [2.24, 2.45) is 0 Å². The number of fused-ring (bicyclic) bond motifs is 4. The standard InChI is InChI=1S/C19H20Br2S2/c1-11-14-5-4-6-15(11)8-23-10-17-12(2)16(9-22-7-14)18(20)13(3)19(17)21/h4-6H,7-10H2,1-3H3. The summed E-state index contributed by atoms with van der Waals surface area (Å²) >= 11 is 11.7. The molecule has 0 saturated heterocycles. The van der Waals surface area contributed by atoms with Gasteiger partial charge in [0.15, 0.2) is 0 Å². The molecule has 0 atom stereocenters. The average Bonchev–Trinajstić information content (AvgIpc) is 2.54. The van der Waals surface area contributed by atoms with E-state index in [-0.39, 0.29) is 0 Å². The van der Waals surface area contributed by atoms with Crippen LogP contribution in [0.1, 0.15) is 38.9 Å². The quantitative estimate of drug-likeness (QED) is 0.394. The van der Waals surface area contributed by atoms with Crippen molar-refractivity contribution in [3.8, 4) is 0 Å². The Bertz CT molecular complexity index is 698. The van der Waals surface area contributed by atoms with Crippen LogP contribution >= 0.6 is 55.4 Å². The van der Waals surface area contributed by atoms with Gasteiger partial charge < -0.3 is 0 Å². The first-order valence-electron chi connectivity index (χ1n) is 7.69. The van der Waals surface area contributed by atoms with E-state index in [0.717, 1.165) is 23.0 Å². The Balaban J connectivity index is 2.04. The van der Waals surface area contributed by atoms with Crippen molar-refractivity contribution < 1.29 is 0 Å². The van der Waals surface area contributed by atoms with Crippen LogP contribution in [0.2, 0.25) is 0 Å². The largest absolute Gasteiger partial charge is 0.152 e. The fraction of sp³-hybridized carbons (Fsp3) is 0.368. The third kappa shape index (κ3) is 3.56. The van der Waals surface area contributed by atoms with E-state index in [9.17, 15) is 0 Å². The number of hydrogen-bond acceptors (Lipinski definition) is 2. The number of halogens is 2. The van der Waals surface area contributed by atoms with Gasteiger partial charge in [-0.1, -0.05) is 50.1 Å². The molecule has 0 aromatic heterocycles. The summed E-state index contributed by atoms with van der Waals surface area (Å²) in [6, 6.07) is 6.77. The lowest BCUT2D eigenvalue weighted by molar-refractivity contribution is 1.15. The molecule has 1 aliphatic heterocycles. The first-order chi connectivity index (χ1) is 11.0. The van der Waals surface area contributed by atoms with Crippen molar-refractivity contribution in [2.45, 2.75) is 43.8 Å². The summed E-state index contributed by atoms with van der Waals surface area (Å²) in [5.41, 5.74) is 10.1. The Labute approximate surface area is 164 Å². The lowest BCUT2D eigenvalue weighted by Crippen LogP contribution is -2.02. The summed E-state index contributed by atoms with van der Waals surface area (Å²) in [5, 5.41) is 0. The van der Waals surface area contributed by atoms with Crippen molar-refractivity contribution in [1.29, 1.82) is 0 Å². The number of hydrogen-bond donors (Lipinski definition) is 0. The van der Waals surface area contributed by atoms with Gasteiger partial charge in [0.2, 0.25) is 0 Å². The maximum absolute atomic E-state index is 3.83. The van der Waals surface area contributed by atoms with E-state index in [1.54, 1.807) is 0 Å². The lowest BCUT2D eigenvalue weighted by atomic mass is 10.0. The molecule has 0 amide bonds. The third-order valence-corrected chi connectivity index (χ3v) is 8.82. The molecule has 3 rings (SSSR count). The molecule has 2 aromatic rings. The molecular weight excluding hydrogens is 452 g/mol. The molecule has 0 aliphatic carbocycles. The zero-order valence-electron chi connectivity index (χ0n) is 13.6. The first-order valence-corrected chi connectivity index (χ1v) is 11.6. The molecule has 1 aliphatic rings. The van der Waals surface area contributed by atoms with E-state index < -0.39 is 0 Å². The molecule has 4 heteroatoms. The molecule has 0 spiro atoms. The van der Waals surface area contributed by atoms with E-state index in [1.807, 2.05) is 23.5 Å². The Kier molecular flexibility index (Phi) is 5.88. The van der Waals surface area contributed by atoms with Crippen LogP contribution in [0.25, 0.3) is 0 Å². The molecule has 23 heavy (non-hydrogen) atoms. The molecule has 4 bridgehead atoms. The van der Waals surface area contributed by atoms with Gasteiger partial charge in [-0.15, -0.1) is 0 Å². The first kappa shape index (κ1) is 17.9. The summed E-state index contributed by atoms with van der Waals surface area (Å²) in [6.07, 6.45) is 0. The molecular formula is C19H20Br2S2. The van der Waals surface area contributed by atoms with Gasteiger partial charge >= 0.3 is 0 Å². The Morgan fingerprint density at radius 3 is 1.65 bits per heavy atom. The van der Waals surface area contributed by atoms with Crippen molar-refractivity contribution in [2.75, 3.05) is 0 Å². The van der Waals surface area contributed by atoms with Gasteiger partial charge in [-0.05, 0) is 59.7 Å². The minimum absolute atomic E-state index is 1.06. The second kappa shape index (κ2) is 7.55. The minimum atomic E-state index is 1.06. The lowest BCUT2D eigenvalue weighted by Gasteiger charge is -2.20. The zero-order chi connectivity index (χ0) is 16.6. The SMILES string of the molecule is Cc1c2cccc1CSCc1c(C)c(c(Br)c(C)c1Br)CSC2. The van der Waals surface area contributed by atoms with Crippen LogP contribution in [0.4, 0.5) is 0 Å². The predicted molar refractivity (Wildman–Crippen MR) is 112 cm³/mol. The fourth-order valence-electron chi connectivity index (χ4n) is 2.98. The van der Waals surface area contributed by atoms with Crippen molar-refractivity contribution >= 4 is 55.4 Å². The zero-order valence-corrected chi connectivity index (χ0v) is 18.4. The molecule has 0 fully saturated rings. The fourth-order valence-corrected chi connectivity index (χ4v) is 7.29. The Morgan fingerprint density at radius 2 is 1.17 bits per heavy atom. The molecule has 0 unspecified atom stereocenters. The highest BCUT2D eigenvalue weighted by molar-refractivity contribution is 9.11. The van der Waals surface area contributed by atoms with Crippen LogP contribution in [0, 0.1) is 20.8 Å².